The van der Waals surface area contributed by atoms with Crippen molar-refractivity contribution in [3.05, 3.63) is 64.1 Å². The fourth-order valence-electron chi connectivity index (χ4n) is 1.80. The Morgan fingerprint density at radius 2 is 1.86 bits per heavy atom. The molecule has 0 aromatic heterocycles. The van der Waals surface area contributed by atoms with Gasteiger partial charge in [0.2, 0.25) is 5.91 Å². The molecule has 0 bridgehead atoms. The van der Waals surface area contributed by atoms with Crippen LogP contribution in [-0.4, -0.2) is 18.4 Å². The molecule has 21 heavy (non-hydrogen) atoms. The third kappa shape index (κ3) is 4.43. The third-order valence-corrected chi connectivity index (χ3v) is 3.41. The maximum Gasteiger partial charge on any atom is 0.251 e. The number of halogens is 1. The molecule has 2 rings (SSSR count). The molecule has 2 aromatic carbocycles. The number of carbonyl (C=O) groups excluding carboxylic acids is 2. The first kappa shape index (κ1) is 15.3. The highest BCUT2D eigenvalue weighted by Crippen LogP contribution is 2.13. The van der Waals surface area contributed by atoms with Gasteiger partial charge in [0.1, 0.15) is 0 Å². The molecule has 0 saturated heterocycles. The van der Waals surface area contributed by atoms with E-state index in [1.54, 1.807) is 18.2 Å². The number of benzene rings is 2. The van der Waals surface area contributed by atoms with Gasteiger partial charge >= 0.3 is 0 Å². The predicted octanol–water partition coefficient (Wildman–Crippen LogP) is 3.13. The first-order chi connectivity index (χ1) is 10.1. The Labute approximate surface area is 131 Å². The summed E-state index contributed by atoms with van der Waals surface area (Å²) in [5, 5.41) is 5.36. The topological polar surface area (TPSA) is 58.2 Å². The van der Waals surface area contributed by atoms with Crippen LogP contribution in [-0.2, 0) is 4.79 Å². The van der Waals surface area contributed by atoms with Crippen molar-refractivity contribution in [2.24, 2.45) is 0 Å². The van der Waals surface area contributed by atoms with Crippen LogP contribution in [0.15, 0.2) is 53.0 Å². The number of rotatable bonds is 4. The van der Waals surface area contributed by atoms with Crippen molar-refractivity contribution in [3.8, 4) is 0 Å². The summed E-state index contributed by atoms with van der Waals surface area (Å²) in [6.07, 6.45) is 0. The molecule has 5 heteroatoms. The zero-order valence-corrected chi connectivity index (χ0v) is 13.1. The summed E-state index contributed by atoms with van der Waals surface area (Å²) in [6.45, 7) is 1.84. The third-order valence-electron chi connectivity index (χ3n) is 2.92. The molecule has 0 aliphatic carbocycles. The van der Waals surface area contributed by atoms with Gasteiger partial charge in [-0.3, -0.25) is 9.59 Å². The van der Waals surface area contributed by atoms with Gasteiger partial charge < -0.3 is 10.6 Å². The van der Waals surface area contributed by atoms with Gasteiger partial charge in [0.05, 0.1) is 6.54 Å². The first-order valence-electron chi connectivity index (χ1n) is 6.45. The second-order valence-corrected chi connectivity index (χ2v) is 5.47. The second kappa shape index (κ2) is 7.04. The lowest BCUT2D eigenvalue weighted by molar-refractivity contribution is -0.115. The molecule has 0 fully saturated rings. The van der Waals surface area contributed by atoms with Crippen molar-refractivity contribution in [2.75, 3.05) is 11.9 Å². The highest BCUT2D eigenvalue weighted by Gasteiger charge is 2.09. The summed E-state index contributed by atoms with van der Waals surface area (Å²) in [5.74, 6) is -0.538. The Hall–Kier alpha value is -2.14. The second-order valence-electron chi connectivity index (χ2n) is 4.56. The van der Waals surface area contributed by atoms with E-state index in [2.05, 4.69) is 26.6 Å². The van der Waals surface area contributed by atoms with Crippen LogP contribution >= 0.6 is 15.9 Å². The molecule has 0 unspecified atom stereocenters. The van der Waals surface area contributed by atoms with Crippen molar-refractivity contribution < 1.29 is 9.59 Å². The highest BCUT2D eigenvalue weighted by molar-refractivity contribution is 9.10. The van der Waals surface area contributed by atoms with Crippen LogP contribution in [0.5, 0.6) is 0 Å². The fraction of sp³-hybridized carbons (Fsp3) is 0.125. The van der Waals surface area contributed by atoms with Crippen LogP contribution in [0.1, 0.15) is 15.9 Å². The average molecular weight is 347 g/mol. The smallest absolute Gasteiger partial charge is 0.251 e. The molecule has 108 valence electrons. The average Bonchev–Trinajstić information content (AvgIpc) is 2.47. The lowest BCUT2D eigenvalue weighted by Crippen LogP contribution is -2.32. The normalized spacial score (nSPS) is 10.0. The van der Waals surface area contributed by atoms with Gasteiger partial charge in [-0.1, -0.05) is 40.2 Å². The lowest BCUT2D eigenvalue weighted by Gasteiger charge is -2.09. The van der Waals surface area contributed by atoms with Gasteiger partial charge in [0.25, 0.3) is 5.91 Å². The van der Waals surface area contributed by atoms with E-state index in [4.69, 9.17) is 0 Å². The summed E-state index contributed by atoms with van der Waals surface area (Å²) in [4.78, 5) is 23.7. The molecule has 4 nitrogen and oxygen atoms in total. The fourth-order valence-corrected chi connectivity index (χ4v) is 2.20. The minimum absolute atomic E-state index is 0.0698. The molecule has 0 spiro atoms. The monoisotopic (exact) mass is 346 g/mol. The summed E-state index contributed by atoms with van der Waals surface area (Å²) in [5.41, 5.74) is 2.23. The van der Waals surface area contributed by atoms with E-state index in [9.17, 15) is 9.59 Å². The van der Waals surface area contributed by atoms with Gasteiger partial charge in [0, 0.05) is 15.7 Å². The highest BCUT2D eigenvalue weighted by atomic mass is 79.9. The number of nitrogens with one attached hydrogen (secondary N) is 2. The van der Waals surface area contributed by atoms with E-state index in [1.165, 1.54) is 0 Å². The molecule has 0 radical (unpaired) electrons. The Morgan fingerprint density at radius 3 is 2.57 bits per heavy atom. The van der Waals surface area contributed by atoms with E-state index >= 15 is 0 Å². The van der Waals surface area contributed by atoms with Gasteiger partial charge in [-0.15, -0.1) is 0 Å². The van der Waals surface area contributed by atoms with Crippen molar-refractivity contribution in [2.45, 2.75) is 6.92 Å². The number of anilines is 1. The number of carbonyl (C=O) groups is 2. The molecule has 0 aliphatic rings. The summed E-state index contributed by atoms with van der Waals surface area (Å²) in [7, 11) is 0. The Balaban J connectivity index is 1.90. The number of para-hydroxylation sites is 1. The van der Waals surface area contributed by atoms with Gasteiger partial charge in [-0.05, 0) is 36.8 Å². The molecular weight excluding hydrogens is 332 g/mol. The number of aryl methyl sites for hydroxylation is 1. The molecule has 2 N–H and O–H groups in total. The van der Waals surface area contributed by atoms with Crippen LogP contribution in [0.25, 0.3) is 0 Å². The van der Waals surface area contributed by atoms with Crippen LogP contribution in [0.3, 0.4) is 0 Å². The minimum atomic E-state index is -0.281. The van der Waals surface area contributed by atoms with Crippen molar-refractivity contribution >= 4 is 33.4 Å². The molecule has 0 saturated carbocycles. The van der Waals surface area contributed by atoms with E-state index < -0.39 is 0 Å². The maximum atomic E-state index is 11.9. The molecule has 2 aromatic rings. The van der Waals surface area contributed by atoms with Crippen LogP contribution in [0.2, 0.25) is 0 Å². The quantitative estimate of drug-likeness (QED) is 0.893. The van der Waals surface area contributed by atoms with Crippen molar-refractivity contribution in [1.29, 1.82) is 0 Å². The van der Waals surface area contributed by atoms with Gasteiger partial charge in [-0.2, -0.15) is 0 Å². The summed E-state index contributed by atoms with van der Waals surface area (Å²) >= 11 is 3.30. The number of hydrogen-bond donors (Lipinski definition) is 2. The largest absolute Gasteiger partial charge is 0.343 e. The Kier molecular flexibility index (Phi) is 5.11. The SMILES string of the molecule is Cc1ccccc1NC(=O)CNC(=O)c1cccc(Br)c1. The summed E-state index contributed by atoms with van der Waals surface area (Å²) in [6, 6.07) is 14.5. The molecule has 2 amide bonds. The molecule has 0 atom stereocenters. The minimum Gasteiger partial charge on any atom is -0.343 e. The van der Waals surface area contributed by atoms with Crippen molar-refractivity contribution in [3.63, 3.8) is 0 Å². The van der Waals surface area contributed by atoms with E-state index in [-0.39, 0.29) is 18.4 Å². The first-order valence-corrected chi connectivity index (χ1v) is 7.25. The molecule has 0 heterocycles. The maximum absolute atomic E-state index is 11.9. The Bertz CT molecular complexity index is 671. The molecular formula is C16H15BrN2O2. The van der Waals surface area contributed by atoms with Gasteiger partial charge in [-0.25, -0.2) is 0 Å². The zero-order valence-electron chi connectivity index (χ0n) is 11.5. The predicted molar refractivity (Wildman–Crippen MR) is 86.3 cm³/mol. The number of hydrogen-bond acceptors (Lipinski definition) is 2. The van der Waals surface area contributed by atoms with Crippen LogP contribution in [0.4, 0.5) is 5.69 Å². The molecule has 0 aliphatic heterocycles. The summed E-state index contributed by atoms with van der Waals surface area (Å²) < 4.78 is 0.819. The number of amides is 2. The van der Waals surface area contributed by atoms with Crippen LogP contribution in [0, 0.1) is 6.92 Å². The van der Waals surface area contributed by atoms with E-state index in [0.717, 1.165) is 15.7 Å². The van der Waals surface area contributed by atoms with Crippen LogP contribution < -0.4 is 10.6 Å². The Morgan fingerprint density at radius 1 is 1.10 bits per heavy atom. The van der Waals surface area contributed by atoms with E-state index in [1.807, 2.05) is 37.3 Å². The standard InChI is InChI=1S/C16H15BrN2O2/c1-11-5-2-3-8-14(11)19-15(20)10-18-16(21)12-6-4-7-13(17)9-12/h2-9H,10H2,1H3,(H,18,21)(H,19,20). The van der Waals surface area contributed by atoms with Gasteiger partial charge in [0.15, 0.2) is 0 Å². The van der Waals surface area contributed by atoms with Crippen molar-refractivity contribution in [1.82, 2.24) is 5.32 Å². The lowest BCUT2D eigenvalue weighted by atomic mass is 10.2. The zero-order chi connectivity index (χ0) is 15.2. The van der Waals surface area contributed by atoms with E-state index in [0.29, 0.717) is 5.56 Å².